The van der Waals surface area contributed by atoms with Crippen molar-refractivity contribution in [2.75, 3.05) is 5.75 Å². The van der Waals surface area contributed by atoms with Crippen molar-refractivity contribution < 1.29 is 9.53 Å². The summed E-state index contributed by atoms with van der Waals surface area (Å²) in [7, 11) is 0. The quantitative estimate of drug-likeness (QED) is 0.389. The zero-order valence-electron chi connectivity index (χ0n) is 15.8. The molecule has 1 N–H and O–H groups in total. The molecular weight excluding hydrogens is 408 g/mol. The van der Waals surface area contributed by atoms with Gasteiger partial charge in [-0.3, -0.25) is 9.36 Å². The molecule has 0 atom stereocenters. The molecule has 0 saturated carbocycles. The summed E-state index contributed by atoms with van der Waals surface area (Å²) in [5, 5.41) is 12.5. The van der Waals surface area contributed by atoms with Gasteiger partial charge in [-0.15, -0.1) is 16.8 Å². The Kier molecular flexibility index (Phi) is 7.72. The van der Waals surface area contributed by atoms with E-state index >= 15 is 0 Å². The molecular formula is C21H21ClN4O2S. The van der Waals surface area contributed by atoms with E-state index in [2.05, 4.69) is 22.1 Å². The highest BCUT2D eigenvalue weighted by Crippen LogP contribution is 2.24. The van der Waals surface area contributed by atoms with E-state index in [1.807, 2.05) is 47.0 Å². The van der Waals surface area contributed by atoms with Crippen LogP contribution in [-0.4, -0.2) is 26.4 Å². The second-order valence-electron chi connectivity index (χ2n) is 6.07. The summed E-state index contributed by atoms with van der Waals surface area (Å²) in [6, 6.07) is 17.0. The summed E-state index contributed by atoms with van der Waals surface area (Å²) in [5.74, 6) is 1.39. The Bertz CT molecular complexity index is 962. The fourth-order valence-corrected chi connectivity index (χ4v) is 3.51. The van der Waals surface area contributed by atoms with E-state index in [-0.39, 0.29) is 18.3 Å². The number of carbonyl (C=O) groups excluding carboxylic acids is 1. The zero-order valence-corrected chi connectivity index (χ0v) is 17.3. The zero-order chi connectivity index (χ0) is 20.5. The van der Waals surface area contributed by atoms with Gasteiger partial charge in [0.25, 0.3) is 0 Å². The molecule has 29 heavy (non-hydrogen) atoms. The molecule has 0 unspecified atom stereocenters. The number of hydrogen-bond acceptors (Lipinski definition) is 5. The number of hydrogen-bond donors (Lipinski definition) is 1. The summed E-state index contributed by atoms with van der Waals surface area (Å²) in [5.41, 5.74) is 1.06. The van der Waals surface area contributed by atoms with Gasteiger partial charge in [0.2, 0.25) is 5.91 Å². The Labute approximate surface area is 178 Å². The predicted molar refractivity (Wildman–Crippen MR) is 115 cm³/mol. The molecule has 0 bridgehead atoms. The lowest BCUT2D eigenvalue weighted by Crippen LogP contribution is -2.24. The number of halogens is 1. The Morgan fingerprint density at radius 1 is 1.17 bits per heavy atom. The maximum Gasteiger partial charge on any atom is 0.230 e. The van der Waals surface area contributed by atoms with Crippen molar-refractivity contribution in [3.63, 3.8) is 0 Å². The lowest BCUT2D eigenvalue weighted by molar-refractivity contribution is -0.118. The van der Waals surface area contributed by atoms with Crippen LogP contribution < -0.4 is 10.1 Å². The van der Waals surface area contributed by atoms with E-state index in [0.717, 1.165) is 5.56 Å². The first-order valence-electron chi connectivity index (χ1n) is 9.01. The lowest BCUT2D eigenvalue weighted by Gasteiger charge is -2.10. The van der Waals surface area contributed by atoms with Gasteiger partial charge >= 0.3 is 0 Å². The third-order valence-electron chi connectivity index (χ3n) is 3.96. The van der Waals surface area contributed by atoms with Crippen molar-refractivity contribution in [1.29, 1.82) is 0 Å². The van der Waals surface area contributed by atoms with Crippen molar-refractivity contribution in [3.05, 3.63) is 83.7 Å². The smallest absolute Gasteiger partial charge is 0.230 e. The number of nitrogens with zero attached hydrogens (tertiary/aromatic N) is 3. The highest BCUT2D eigenvalue weighted by molar-refractivity contribution is 7.99. The van der Waals surface area contributed by atoms with Gasteiger partial charge in [-0.1, -0.05) is 71.9 Å². The van der Waals surface area contributed by atoms with E-state index in [4.69, 9.17) is 16.3 Å². The van der Waals surface area contributed by atoms with Crippen molar-refractivity contribution >= 4 is 29.3 Å². The molecule has 0 aliphatic carbocycles. The number of thioether (sulfide) groups is 1. The Morgan fingerprint density at radius 2 is 1.93 bits per heavy atom. The molecule has 150 valence electrons. The largest absolute Gasteiger partial charge is 0.484 e. The third kappa shape index (κ3) is 6.10. The third-order valence-corrected chi connectivity index (χ3v) is 5.24. The predicted octanol–water partition coefficient (Wildman–Crippen LogP) is 4.11. The molecule has 0 fully saturated rings. The number of aromatic nitrogens is 3. The lowest BCUT2D eigenvalue weighted by atomic mass is 10.2. The van der Waals surface area contributed by atoms with Crippen LogP contribution in [-0.2, 0) is 24.5 Å². The van der Waals surface area contributed by atoms with Gasteiger partial charge < -0.3 is 10.1 Å². The van der Waals surface area contributed by atoms with Gasteiger partial charge in [0.05, 0.1) is 10.8 Å². The van der Waals surface area contributed by atoms with Crippen LogP contribution in [0.15, 0.2) is 72.4 Å². The Morgan fingerprint density at radius 3 is 2.69 bits per heavy atom. The molecule has 1 amide bonds. The number of carbonyl (C=O) groups is 1. The molecule has 8 heteroatoms. The molecule has 3 rings (SSSR count). The summed E-state index contributed by atoms with van der Waals surface area (Å²) in [6.07, 6.45) is 1.75. The second-order valence-corrected chi connectivity index (χ2v) is 7.42. The molecule has 0 saturated heterocycles. The number of rotatable bonds is 10. The first-order chi connectivity index (χ1) is 14.2. The normalized spacial score (nSPS) is 10.5. The number of benzene rings is 2. The molecule has 6 nitrogen and oxygen atoms in total. The monoisotopic (exact) mass is 428 g/mol. The molecule has 0 aliphatic rings. The van der Waals surface area contributed by atoms with Crippen LogP contribution in [0.5, 0.6) is 5.75 Å². The molecule has 3 aromatic rings. The Balaban J connectivity index is 1.57. The SMILES string of the molecule is C=CCn1c(COc2ccccc2Cl)nnc1SCC(=O)NCc1ccccc1. The number of ether oxygens (including phenoxy) is 1. The van der Waals surface area contributed by atoms with Crippen molar-refractivity contribution in [1.82, 2.24) is 20.1 Å². The summed E-state index contributed by atoms with van der Waals surface area (Å²) in [4.78, 5) is 12.2. The standard InChI is InChI=1S/C21H21ClN4O2S/c1-2-12-26-19(14-28-18-11-7-6-10-17(18)22)24-25-21(26)29-15-20(27)23-13-16-8-4-3-5-9-16/h2-11H,1,12-15H2,(H,23,27). The van der Waals surface area contributed by atoms with Gasteiger partial charge in [-0.2, -0.15) is 0 Å². The number of nitrogens with one attached hydrogen (secondary N) is 1. The van der Waals surface area contributed by atoms with Gasteiger partial charge in [0.1, 0.15) is 12.4 Å². The van der Waals surface area contributed by atoms with E-state index in [9.17, 15) is 4.79 Å². The maximum atomic E-state index is 12.2. The van der Waals surface area contributed by atoms with Crippen LogP contribution in [0.25, 0.3) is 0 Å². The van der Waals surface area contributed by atoms with Crippen LogP contribution in [0.3, 0.4) is 0 Å². The van der Waals surface area contributed by atoms with Crippen molar-refractivity contribution in [2.24, 2.45) is 0 Å². The van der Waals surface area contributed by atoms with E-state index in [1.54, 1.807) is 18.2 Å². The van der Waals surface area contributed by atoms with Crippen LogP contribution in [0.1, 0.15) is 11.4 Å². The molecule has 0 radical (unpaired) electrons. The van der Waals surface area contributed by atoms with Crippen LogP contribution >= 0.6 is 23.4 Å². The maximum absolute atomic E-state index is 12.2. The molecule has 2 aromatic carbocycles. The molecule has 1 heterocycles. The minimum absolute atomic E-state index is 0.0686. The first kappa shape index (κ1) is 21.0. The highest BCUT2D eigenvalue weighted by Gasteiger charge is 2.14. The van der Waals surface area contributed by atoms with E-state index in [0.29, 0.717) is 34.8 Å². The summed E-state index contributed by atoms with van der Waals surface area (Å²) >= 11 is 7.45. The molecule has 0 aliphatic heterocycles. The topological polar surface area (TPSA) is 69.0 Å². The number of allylic oxidation sites excluding steroid dienone is 1. The minimum Gasteiger partial charge on any atom is -0.484 e. The average Bonchev–Trinajstić information content (AvgIpc) is 3.13. The Hall–Kier alpha value is -2.77. The first-order valence-corrected chi connectivity index (χ1v) is 10.4. The average molecular weight is 429 g/mol. The van der Waals surface area contributed by atoms with Crippen LogP contribution in [0.4, 0.5) is 0 Å². The summed E-state index contributed by atoms with van der Waals surface area (Å²) in [6.45, 7) is 5.01. The summed E-state index contributed by atoms with van der Waals surface area (Å²) < 4.78 is 7.63. The second kappa shape index (κ2) is 10.7. The minimum atomic E-state index is -0.0686. The van der Waals surface area contributed by atoms with E-state index < -0.39 is 0 Å². The number of para-hydroxylation sites is 1. The van der Waals surface area contributed by atoms with Crippen molar-refractivity contribution in [2.45, 2.75) is 24.9 Å². The highest BCUT2D eigenvalue weighted by atomic mass is 35.5. The van der Waals surface area contributed by atoms with E-state index in [1.165, 1.54) is 11.8 Å². The van der Waals surface area contributed by atoms with Gasteiger partial charge in [-0.05, 0) is 17.7 Å². The van der Waals surface area contributed by atoms with Crippen LogP contribution in [0.2, 0.25) is 5.02 Å². The van der Waals surface area contributed by atoms with Crippen LogP contribution in [0, 0.1) is 0 Å². The van der Waals surface area contributed by atoms with Gasteiger partial charge in [0.15, 0.2) is 11.0 Å². The molecule has 0 spiro atoms. The fraction of sp³-hybridized carbons (Fsp3) is 0.190. The van der Waals surface area contributed by atoms with Gasteiger partial charge in [0, 0.05) is 13.1 Å². The van der Waals surface area contributed by atoms with Crippen molar-refractivity contribution in [3.8, 4) is 5.75 Å². The van der Waals surface area contributed by atoms with Gasteiger partial charge in [-0.25, -0.2) is 0 Å². The number of amides is 1. The fourth-order valence-electron chi connectivity index (χ4n) is 2.53. The molecule has 1 aromatic heterocycles.